The minimum atomic E-state index is 0.403. The molecule has 0 bridgehead atoms. The number of hydrazine groups is 2. The molecule has 2 aromatic heterocycles. The highest BCUT2D eigenvalue weighted by atomic mass is 35.5. The van der Waals surface area contributed by atoms with Gasteiger partial charge >= 0.3 is 0 Å². The zero-order chi connectivity index (χ0) is 20.5. The molecular formula is C19H22ClN5O2S. The van der Waals surface area contributed by atoms with Gasteiger partial charge in [0.1, 0.15) is 6.61 Å². The van der Waals surface area contributed by atoms with Crippen molar-refractivity contribution in [1.82, 2.24) is 10.4 Å². The van der Waals surface area contributed by atoms with Gasteiger partial charge in [-0.05, 0) is 36.8 Å². The van der Waals surface area contributed by atoms with E-state index < -0.39 is 0 Å². The van der Waals surface area contributed by atoms with Crippen molar-refractivity contribution in [2.24, 2.45) is 11.7 Å². The fourth-order valence-corrected chi connectivity index (χ4v) is 3.45. The number of anilines is 1. The number of hydrogen-bond donors (Lipinski definition) is 3. The fourth-order valence-electron chi connectivity index (χ4n) is 2.44. The largest absolute Gasteiger partial charge is 0.473 e. The SMILES string of the molecule is Cc1cccc(N(C)N)c1COc1cccc(-c2ccc(Cl)s2)n1.NNC=O. The number of hydrogen-bond acceptors (Lipinski definition) is 7. The molecule has 0 radical (unpaired) electrons. The van der Waals surface area contributed by atoms with E-state index in [0.29, 0.717) is 18.9 Å². The van der Waals surface area contributed by atoms with E-state index in [-0.39, 0.29) is 0 Å². The van der Waals surface area contributed by atoms with Gasteiger partial charge in [0.25, 0.3) is 0 Å². The maximum Gasteiger partial charge on any atom is 0.221 e. The highest BCUT2D eigenvalue weighted by Crippen LogP contribution is 2.31. The number of nitrogens with zero attached hydrogens (tertiary/aromatic N) is 2. The van der Waals surface area contributed by atoms with E-state index in [4.69, 9.17) is 27.0 Å². The van der Waals surface area contributed by atoms with E-state index in [1.54, 1.807) is 10.4 Å². The normalized spacial score (nSPS) is 9.89. The quantitative estimate of drug-likeness (QED) is 0.245. The predicted octanol–water partition coefficient (Wildman–Crippen LogP) is 3.27. The van der Waals surface area contributed by atoms with Gasteiger partial charge in [0.2, 0.25) is 12.3 Å². The molecule has 5 N–H and O–H groups in total. The number of nitrogens with two attached hydrogens (primary N) is 2. The third-order valence-electron chi connectivity index (χ3n) is 3.75. The Kier molecular flexibility index (Phi) is 8.21. The molecule has 0 aliphatic carbocycles. The molecule has 0 fully saturated rings. The summed E-state index contributed by atoms with van der Waals surface area (Å²) < 4.78 is 6.66. The molecule has 0 aliphatic rings. The molecule has 3 aromatic rings. The zero-order valence-electron chi connectivity index (χ0n) is 15.6. The summed E-state index contributed by atoms with van der Waals surface area (Å²) in [5.74, 6) is 10.9. The van der Waals surface area contributed by atoms with E-state index in [9.17, 15) is 0 Å². The van der Waals surface area contributed by atoms with Crippen LogP contribution in [0.2, 0.25) is 4.34 Å². The highest BCUT2D eigenvalue weighted by Gasteiger charge is 2.10. The number of benzene rings is 1. The molecule has 0 aliphatic heterocycles. The van der Waals surface area contributed by atoms with Gasteiger partial charge in [0.15, 0.2) is 0 Å². The lowest BCUT2D eigenvalue weighted by Crippen LogP contribution is -2.26. The Balaban J connectivity index is 0.000000640. The molecule has 0 unspecified atom stereocenters. The average molecular weight is 420 g/mol. The number of ether oxygens (including phenoxy) is 1. The van der Waals surface area contributed by atoms with Crippen molar-refractivity contribution in [1.29, 1.82) is 0 Å². The zero-order valence-corrected chi connectivity index (χ0v) is 17.1. The van der Waals surface area contributed by atoms with E-state index >= 15 is 0 Å². The molecule has 3 rings (SSSR count). The first-order valence-corrected chi connectivity index (χ1v) is 9.48. The summed E-state index contributed by atoms with van der Waals surface area (Å²) in [6.45, 7) is 2.45. The van der Waals surface area contributed by atoms with Crippen molar-refractivity contribution in [3.05, 3.63) is 64.0 Å². The maximum absolute atomic E-state index is 8.94. The number of nitrogens with one attached hydrogen (secondary N) is 1. The van der Waals surface area contributed by atoms with Crippen LogP contribution in [0.3, 0.4) is 0 Å². The smallest absolute Gasteiger partial charge is 0.221 e. The van der Waals surface area contributed by atoms with Crippen LogP contribution < -0.4 is 26.9 Å². The number of carbonyl (C=O) groups excluding carboxylic acids is 1. The van der Waals surface area contributed by atoms with Crippen LogP contribution in [-0.2, 0) is 11.4 Å². The Morgan fingerprint density at radius 1 is 1.25 bits per heavy atom. The van der Waals surface area contributed by atoms with E-state index in [2.05, 4.69) is 10.8 Å². The van der Waals surface area contributed by atoms with Crippen LogP contribution in [0, 0.1) is 6.92 Å². The van der Waals surface area contributed by atoms with Gasteiger partial charge in [-0.2, -0.15) is 0 Å². The Labute approximate surface area is 172 Å². The van der Waals surface area contributed by atoms with Crippen molar-refractivity contribution in [2.75, 3.05) is 12.1 Å². The second-order valence-electron chi connectivity index (χ2n) is 5.72. The van der Waals surface area contributed by atoms with Crippen LogP contribution in [0.4, 0.5) is 5.69 Å². The first kappa shape index (κ1) is 21.6. The van der Waals surface area contributed by atoms with Crippen LogP contribution in [0.25, 0.3) is 10.6 Å². The standard InChI is InChI=1S/C18H18ClN3OS.CH4N2O/c1-12-5-3-7-15(22(2)20)13(12)11-23-18-8-4-6-14(21-18)16-9-10-17(19)24-16;2-3-1-4/h3-10H,11,20H2,1-2H3;1H,2H2,(H,3,4). The van der Waals surface area contributed by atoms with Crippen molar-refractivity contribution >= 4 is 35.0 Å². The summed E-state index contributed by atoms with van der Waals surface area (Å²) in [6.07, 6.45) is 0.403. The number of aromatic nitrogens is 1. The molecule has 0 spiro atoms. The Morgan fingerprint density at radius 2 is 1.96 bits per heavy atom. The molecular weight excluding hydrogens is 398 g/mol. The third-order valence-corrected chi connectivity index (χ3v) is 5.00. The lowest BCUT2D eigenvalue weighted by molar-refractivity contribution is -0.109. The number of aryl methyl sites for hydroxylation is 1. The van der Waals surface area contributed by atoms with Crippen molar-refractivity contribution in [2.45, 2.75) is 13.5 Å². The topological polar surface area (TPSA) is 106 Å². The number of carbonyl (C=O) groups is 1. The second kappa shape index (κ2) is 10.6. The van der Waals surface area contributed by atoms with Crippen LogP contribution >= 0.6 is 22.9 Å². The maximum atomic E-state index is 8.94. The summed E-state index contributed by atoms with van der Waals surface area (Å²) in [6, 6.07) is 15.6. The lowest BCUT2D eigenvalue weighted by Gasteiger charge is -2.19. The molecule has 7 nitrogen and oxygen atoms in total. The first-order chi connectivity index (χ1) is 13.5. The van der Waals surface area contributed by atoms with Crippen molar-refractivity contribution < 1.29 is 9.53 Å². The monoisotopic (exact) mass is 419 g/mol. The minimum absolute atomic E-state index is 0.403. The van der Waals surface area contributed by atoms with Gasteiger partial charge in [-0.1, -0.05) is 29.8 Å². The fraction of sp³-hybridized carbons (Fsp3) is 0.158. The lowest BCUT2D eigenvalue weighted by atomic mass is 10.1. The molecule has 0 atom stereocenters. The van der Waals surface area contributed by atoms with E-state index in [1.807, 2.05) is 62.5 Å². The molecule has 0 saturated carbocycles. The summed E-state index contributed by atoms with van der Waals surface area (Å²) >= 11 is 7.50. The molecule has 148 valence electrons. The van der Waals surface area contributed by atoms with Crippen molar-refractivity contribution in [3.63, 3.8) is 0 Å². The number of halogens is 1. The number of amides is 1. The number of rotatable bonds is 6. The van der Waals surface area contributed by atoms with Gasteiger partial charge < -0.3 is 9.75 Å². The van der Waals surface area contributed by atoms with Gasteiger partial charge in [0.05, 0.1) is 20.6 Å². The Bertz CT molecular complexity index is 917. The Morgan fingerprint density at radius 3 is 2.57 bits per heavy atom. The minimum Gasteiger partial charge on any atom is -0.473 e. The second-order valence-corrected chi connectivity index (χ2v) is 7.44. The summed E-state index contributed by atoms with van der Waals surface area (Å²) in [5, 5.41) is 1.60. The van der Waals surface area contributed by atoms with Gasteiger partial charge in [-0.25, -0.2) is 16.7 Å². The highest BCUT2D eigenvalue weighted by molar-refractivity contribution is 7.19. The molecule has 0 saturated heterocycles. The summed E-state index contributed by atoms with van der Waals surface area (Å²) in [4.78, 5) is 14.5. The molecule has 28 heavy (non-hydrogen) atoms. The van der Waals surface area contributed by atoms with E-state index in [1.165, 1.54) is 11.3 Å². The number of pyridine rings is 1. The number of thiophene rings is 1. The van der Waals surface area contributed by atoms with Crippen molar-refractivity contribution in [3.8, 4) is 16.5 Å². The van der Waals surface area contributed by atoms with Crippen LogP contribution in [-0.4, -0.2) is 18.4 Å². The molecule has 2 heterocycles. The van der Waals surface area contributed by atoms with Gasteiger partial charge in [-0.3, -0.25) is 10.2 Å². The van der Waals surface area contributed by atoms with Crippen LogP contribution in [0.1, 0.15) is 11.1 Å². The molecule has 1 aromatic carbocycles. The Hall–Kier alpha value is -2.65. The van der Waals surface area contributed by atoms with Gasteiger partial charge in [0, 0.05) is 18.7 Å². The van der Waals surface area contributed by atoms with Crippen LogP contribution in [0.5, 0.6) is 5.88 Å². The van der Waals surface area contributed by atoms with Gasteiger partial charge in [-0.15, -0.1) is 11.3 Å². The third kappa shape index (κ3) is 5.93. The predicted molar refractivity (Wildman–Crippen MR) is 114 cm³/mol. The van der Waals surface area contributed by atoms with E-state index in [0.717, 1.165) is 31.7 Å². The average Bonchev–Trinajstić information content (AvgIpc) is 3.13. The molecule has 9 heteroatoms. The first-order valence-electron chi connectivity index (χ1n) is 8.28. The molecule has 1 amide bonds. The summed E-state index contributed by atoms with van der Waals surface area (Å²) in [7, 11) is 1.82. The summed E-state index contributed by atoms with van der Waals surface area (Å²) in [5.41, 5.74) is 5.72. The van der Waals surface area contributed by atoms with Crippen LogP contribution in [0.15, 0.2) is 48.5 Å².